The number of anilines is 1. The first-order valence-corrected chi connectivity index (χ1v) is 7.24. The van der Waals surface area contributed by atoms with Crippen LogP contribution >= 0.6 is 0 Å². The number of carbonyl (C=O) groups is 2. The molecule has 0 aliphatic heterocycles. The zero-order valence-electron chi connectivity index (χ0n) is 12.5. The van der Waals surface area contributed by atoms with E-state index >= 15 is 0 Å². The van der Waals surface area contributed by atoms with E-state index in [1.54, 1.807) is 0 Å². The van der Waals surface area contributed by atoms with Gasteiger partial charge in [0.15, 0.2) is 0 Å². The number of carboxylic acid groups (broad SMARTS) is 1. The number of benzene rings is 1. The third kappa shape index (κ3) is 4.04. The quantitative estimate of drug-likeness (QED) is 0.872. The van der Waals surface area contributed by atoms with Gasteiger partial charge in [-0.3, -0.25) is 9.59 Å². The molecule has 1 fully saturated rings. The lowest BCUT2D eigenvalue weighted by Gasteiger charge is -2.16. The summed E-state index contributed by atoms with van der Waals surface area (Å²) in [5, 5.41) is 12.0. The van der Waals surface area contributed by atoms with Crippen LogP contribution in [-0.2, 0) is 16.1 Å². The van der Waals surface area contributed by atoms with E-state index < -0.39 is 17.8 Å². The van der Waals surface area contributed by atoms with Crippen molar-refractivity contribution in [3.8, 4) is 0 Å². The highest BCUT2D eigenvalue weighted by Gasteiger charge is 2.37. The normalized spacial score (nSPS) is 21.5. The van der Waals surface area contributed by atoms with Crippen molar-refractivity contribution < 1.29 is 14.7 Å². The molecule has 1 aromatic carbocycles. The second kappa shape index (κ2) is 6.72. The Hall–Kier alpha value is -1.88. The van der Waals surface area contributed by atoms with Crippen LogP contribution < -0.4 is 5.32 Å². The summed E-state index contributed by atoms with van der Waals surface area (Å²) in [6.07, 6.45) is 2.05. The van der Waals surface area contributed by atoms with Crippen LogP contribution in [0.25, 0.3) is 0 Å². The number of nitrogens with zero attached hydrogens (tertiary/aromatic N) is 1. The molecule has 1 saturated carbocycles. The molecule has 0 radical (unpaired) electrons. The molecule has 0 heterocycles. The minimum atomic E-state index is -0.867. The van der Waals surface area contributed by atoms with Gasteiger partial charge in [0.05, 0.1) is 11.8 Å². The highest BCUT2D eigenvalue weighted by atomic mass is 16.4. The molecule has 2 rings (SSSR count). The predicted octanol–water partition coefficient (Wildman–Crippen LogP) is 2.19. The fourth-order valence-electron chi connectivity index (χ4n) is 2.86. The van der Waals surface area contributed by atoms with Crippen molar-refractivity contribution in [2.75, 3.05) is 19.4 Å². The third-order valence-corrected chi connectivity index (χ3v) is 3.89. The molecule has 21 heavy (non-hydrogen) atoms. The summed E-state index contributed by atoms with van der Waals surface area (Å²) in [6.45, 7) is 0.845. The van der Waals surface area contributed by atoms with Gasteiger partial charge in [-0.25, -0.2) is 0 Å². The van der Waals surface area contributed by atoms with Crippen molar-refractivity contribution in [3.05, 3.63) is 29.8 Å². The maximum Gasteiger partial charge on any atom is 0.307 e. The molecule has 1 aliphatic carbocycles. The number of nitrogens with one attached hydrogen (secondary N) is 1. The first-order valence-electron chi connectivity index (χ1n) is 7.24. The lowest BCUT2D eigenvalue weighted by Crippen LogP contribution is -2.29. The lowest BCUT2D eigenvalue weighted by molar-refractivity contribution is -0.145. The topological polar surface area (TPSA) is 69.6 Å². The molecule has 5 heteroatoms. The Balaban J connectivity index is 1.97. The molecule has 1 aliphatic rings. The van der Waals surface area contributed by atoms with Crippen molar-refractivity contribution >= 4 is 17.6 Å². The van der Waals surface area contributed by atoms with Gasteiger partial charge in [-0.15, -0.1) is 0 Å². The minimum absolute atomic E-state index is 0.180. The van der Waals surface area contributed by atoms with Gasteiger partial charge in [-0.1, -0.05) is 18.6 Å². The smallest absolute Gasteiger partial charge is 0.307 e. The molecule has 0 saturated heterocycles. The highest BCUT2D eigenvalue weighted by molar-refractivity contribution is 5.95. The monoisotopic (exact) mass is 290 g/mol. The number of rotatable bonds is 5. The number of hydrogen-bond donors (Lipinski definition) is 2. The summed E-state index contributed by atoms with van der Waals surface area (Å²) in [5.74, 6) is -2.00. The lowest BCUT2D eigenvalue weighted by atomic mass is 9.95. The molecular formula is C16H22N2O3. The summed E-state index contributed by atoms with van der Waals surface area (Å²) in [7, 11) is 4.00. The van der Waals surface area contributed by atoms with E-state index in [9.17, 15) is 9.59 Å². The molecule has 0 aromatic heterocycles. The standard InChI is InChI=1S/C16H22N2O3/c1-18(2)10-11-6-8-12(9-7-11)17-15(19)13-4-3-5-14(13)16(20)21/h6-9,13-14H,3-5,10H2,1-2H3,(H,17,19)(H,20,21). The molecule has 1 aromatic rings. The second-order valence-corrected chi connectivity index (χ2v) is 5.91. The first-order chi connectivity index (χ1) is 9.97. The molecule has 114 valence electrons. The summed E-state index contributed by atoms with van der Waals surface area (Å²) in [6, 6.07) is 7.67. The predicted molar refractivity (Wildman–Crippen MR) is 80.9 cm³/mol. The molecule has 5 nitrogen and oxygen atoms in total. The zero-order valence-corrected chi connectivity index (χ0v) is 12.5. The van der Waals surface area contributed by atoms with Crippen LogP contribution in [0.15, 0.2) is 24.3 Å². The van der Waals surface area contributed by atoms with Gasteiger partial charge in [0, 0.05) is 12.2 Å². The molecule has 0 spiro atoms. The summed E-state index contributed by atoms with van der Waals surface area (Å²) in [5.41, 5.74) is 1.89. The van der Waals surface area contributed by atoms with Crippen LogP contribution in [-0.4, -0.2) is 36.0 Å². The molecule has 1 amide bonds. The van der Waals surface area contributed by atoms with E-state index in [-0.39, 0.29) is 5.91 Å². The SMILES string of the molecule is CN(C)Cc1ccc(NC(=O)C2CCCC2C(=O)O)cc1. The van der Waals surface area contributed by atoms with Gasteiger partial charge in [-0.05, 0) is 44.6 Å². The number of hydrogen-bond acceptors (Lipinski definition) is 3. The summed E-state index contributed by atoms with van der Waals surface area (Å²) < 4.78 is 0. The summed E-state index contributed by atoms with van der Waals surface area (Å²) >= 11 is 0. The molecule has 2 atom stereocenters. The Bertz CT molecular complexity index is 511. The van der Waals surface area contributed by atoms with Crippen LogP contribution in [0.2, 0.25) is 0 Å². The van der Waals surface area contributed by atoms with Gasteiger partial charge < -0.3 is 15.3 Å². The van der Waals surface area contributed by atoms with E-state index in [2.05, 4.69) is 10.2 Å². The van der Waals surface area contributed by atoms with E-state index in [1.165, 1.54) is 5.56 Å². The van der Waals surface area contributed by atoms with Crippen LogP contribution in [0.3, 0.4) is 0 Å². The van der Waals surface area contributed by atoms with Crippen molar-refractivity contribution in [3.63, 3.8) is 0 Å². The largest absolute Gasteiger partial charge is 0.481 e. The van der Waals surface area contributed by atoms with Crippen LogP contribution in [0.5, 0.6) is 0 Å². The summed E-state index contributed by atoms with van der Waals surface area (Å²) in [4.78, 5) is 25.4. The molecular weight excluding hydrogens is 268 g/mol. The van der Waals surface area contributed by atoms with Crippen molar-refractivity contribution in [1.82, 2.24) is 4.90 Å². The van der Waals surface area contributed by atoms with Gasteiger partial charge >= 0.3 is 5.97 Å². The van der Waals surface area contributed by atoms with Gasteiger partial charge in [0.25, 0.3) is 0 Å². The fourth-order valence-corrected chi connectivity index (χ4v) is 2.86. The minimum Gasteiger partial charge on any atom is -0.481 e. The third-order valence-electron chi connectivity index (χ3n) is 3.89. The average molecular weight is 290 g/mol. The Morgan fingerprint density at radius 3 is 2.38 bits per heavy atom. The number of aliphatic carboxylic acids is 1. The fraction of sp³-hybridized carbons (Fsp3) is 0.500. The average Bonchev–Trinajstić information content (AvgIpc) is 2.90. The van der Waals surface area contributed by atoms with E-state index in [1.807, 2.05) is 38.4 Å². The van der Waals surface area contributed by atoms with Gasteiger partial charge in [0.1, 0.15) is 0 Å². The van der Waals surface area contributed by atoms with Gasteiger partial charge in [0.2, 0.25) is 5.91 Å². The van der Waals surface area contributed by atoms with E-state index in [4.69, 9.17) is 5.11 Å². The van der Waals surface area contributed by atoms with Crippen molar-refractivity contribution in [2.45, 2.75) is 25.8 Å². The molecule has 2 unspecified atom stereocenters. The van der Waals surface area contributed by atoms with Crippen LogP contribution in [0, 0.1) is 11.8 Å². The molecule has 0 bridgehead atoms. The highest BCUT2D eigenvalue weighted by Crippen LogP contribution is 2.32. The molecule has 2 N–H and O–H groups in total. The number of carbonyl (C=O) groups excluding carboxylic acids is 1. The second-order valence-electron chi connectivity index (χ2n) is 5.91. The van der Waals surface area contributed by atoms with E-state index in [0.29, 0.717) is 12.8 Å². The Morgan fingerprint density at radius 2 is 1.81 bits per heavy atom. The number of amides is 1. The Labute approximate surface area is 125 Å². The number of carboxylic acids is 1. The first kappa shape index (κ1) is 15.5. The van der Waals surface area contributed by atoms with Crippen molar-refractivity contribution in [1.29, 1.82) is 0 Å². The Kier molecular flexibility index (Phi) is 4.96. The van der Waals surface area contributed by atoms with E-state index in [0.717, 1.165) is 18.7 Å². The maximum absolute atomic E-state index is 12.2. The zero-order chi connectivity index (χ0) is 15.4. The van der Waals surface area contributed by atoms with Crippen LogP contribution in [0.1, 0.15) is 24.8 Å². The van der Waals surface area contributed by atoms with Gasteiger partial charge in [-0.2, -0.15) is 0 Å². The maximum atomic E-state index is 12.2. The van der Waals surface area contributed by atoms with Crippen LogP contribution in [0.4, 0.5) is 5.69 Å². The van der Waals surface area contributed by atoms with Crippen molar-refractivity contribution in [2.24, 2.45) is 11.8 Å². The Morgan fingerprint density at radius 1 is 1.19 bits per heavy atom.